The second-order valence-electron chi connectivity index (χ2n) is 8.01. The first kappa shape index (κ1) is 16.9. The van der Waals surface area contributed by atoms with Crippen LogP contribution < -0.4 is 5.32 Å². The van der Waals surface area contributed by atoms with E-state index in [0.29, 0.717) is 11.1 Å². The van der Waals surface area contributed by atoms with Gasteiger partial charge in [-0.2, -0.15) is 0 Å². The van der Waals surface area contributed by atoms with Crippen LogP contribution in [-0.4, -0.2) is 21.1 Å². The Kier molecular flexibility index (Phi) is 4.77. The summed E-state index contributed by atoms with van der Waals surface area (Å²) in [5, 5.41) is 7.68. The third-order valence-electron chi connectivity index (χ3n) is 5.01. The molecule has 0 spiro atoms. The summed E-state index contributed by atoms with van der Waals surface area (Å²) in [6, 6.07) is 1.86. The van der Waals surface area contributed by atoms with Crippen molar-refractivity contribution in [2.75, 3.05) is 5.32 Å². The van der Waals surface area contributed by atoms with Crippen molar-refractivity contribution in [1.29, 1.82) is 0 Å². The molecule has 1 amide bonds. The molecule has 0 radical (unpaired) electrons. The smallest absolute Gasteiger partial charge is 0.241 e. The SMILES string of the molecule is CC(C)(C)c1cc(NC(=O)C2(SC3CCCCC3)CCC2)no1. The first-order chi connectivity index (χ1) is 10.9. The predicted molar refractivity (Wildman–Crippen MR) is 94.9 cm³/mol. The van der Waals surface area contributed by atoms with Crippen LogP contribution in [-0.2, 0) is 10.2 Å². The quantitative estimate of drug-likeness (QED) is 0.849. The lowest BCUT2D eigenvalue weighted by Gasteiger charge is -2.42. The molecular weight excluding hydrogens is 308 g/mol. The van der Waals surface area contributed by atoms with Gasteiger partial charge in [0.05, 0.1) is 4.75 Å². The Morgan fingerprint density at radius 2 is 1.96 bits per heavy atom. The average molecular weight is 337 g/mol. The fourth-order valence-corrected chi connectivity index (χ4v) is 5.21. The highest BCUT2D eigenvalue weighted by Crippen LogP contribution is 2.49. The summed E-state index contributed by atoms with van der Waals surface area (Å²) in [5.41, 5.74) is -0.0962. The first-order valence-electron chi connectivity index (χ1n) is 8.86. The van der Waals surface area contributed by atoms with Crippen LogP contribution >= 0.6 is 11.8 Å². The number of amides is 1. The number of carbonyl (C=O) groups is 1. The van der Waals surface area contributed by atoms with Gasteiger partial charge in [-0.3, -0.25) is 4.79 Å². The molecule has 128 valence electrons. The standard InChI is InChI=1S/C18H28N2O2S/c1-17(2,3)14-12-15(20-22-14)19-16(21)18(10-7-11-18)23-13-8-5-4-6-9-13/h12-13H,4-11H2,1-3H3,(H,19,20,21). The summed E-state index contributed by atoms with van der Waals surface area (Å²) >= 11 is 1.92. The Labute approximate surface area is 143 Å². The van der Waals surface area contributed by atoms with Gasteiger partial charge in [0.15, 0.2) is 5.82 Å². The minimum atomic E-state index is -0.233. The number of aromatic nitrogens is 1. The van der Waals surface area contributed by atoms with Crippen molar-refractivity contribution in [2.45, 2.75) is 87.5 Å². The van der Waals surface area contributed by atoms with Crippen LogP contribution in [0.1, 0.15) is 77.9 Å². The lowest BCUT2D eigenvalue weighted by Crippen LogP contribution is -2.47. The third-order valence-corrected chi connectivity index (χ3v) is 6.86. The van der Waals surface area contributed by atoms with Crippen molar-refractivity contribution in [3.05, 3.63) is 11.8 Å². The molecule has 1 aromatic rings. The lowest BCUT2D eigenvalue weighted by atomic mass is 9.83. The topological polar surface area (TPSA) is 55.1 Å². The second kappa shape index (κ2) is 6.50. The molecule has 2 saturated carbocycles. The third kappa shape index (κ3) is 3.76. The number of carbonyl (C=O) groups excluding carboxylic acids is 1. The van der Waals surface area contributed by atoms with Crippen LogP contribution in [0.15, 0.2) is 10.6 Å². The highest BCUT2D eigenvalue weighted by Gasteiger charge is 2.46. The van der Waals surface area contributed by atoms with Crippen LogP contribution in [0.5, 0.6) is 0 Å². The zero-order chi connectivity index (χ0) is 16.5. The van der Waals surface area contributed by atoms with E-state index >= 15 is 0 Å². The monoisotopic (exact) mass is 336 g/mol. The van der Waals surface area contributed by atoms with Gasteiger partial charge in [-0.05, 0) is 32.1 Å². The zero-order valence-electron chi connectivity index (χ0n) is 14.5. The van der Waals surface area contributed by atoms with E-state index in [-0.39, 0.29) is 16.1 Å². The number of anilines is 1. The molecule has 2 fully saturated rings. The maximum atomic E-state index is 12.8. The van der Waals surface area contributed by atoms with Gasteiger partial charge in [0.1, 0.15) is 5.76 Å². The van der Waals surface area contributed by atoms with E-state index < -0.39 is 0 Å². The number of thioether (sulfide) groups is 1. The predicted octanol–water partition coefficient (Wildman–Crippen LogP) is 4.90. The molecule has 0 bridgehead atoms. The summed E-state index contributed by atoms with van der Waals surface area (Å²) in [6.45, 7) is 6.22. The van der Waals surface area contributed by atoms with E-state index in [1.54, 1.807) is 0 Å². The van der Waals surface area contributed by atoms with E-state index in [4.69, 9.17) is 4.52 Å². The molecule has 1 aromatic heterocycles. The summed E-state index contributed by atoms with van der Waals surface area (Å²) in [7, 11) is 0. The Morgan fingerprint density at radius 1 is 1.26 bits per heavy atom. The van der Waals surface area contributed by atoms with E-state index in [2.05, 4.69) is 31.2 Å². The maximum absolute atomic E-state index is 12.8. The van der Waals surface area contributed by atoms with Crippen LogP contribution in [0.3, 0.4) is 0 Å². The van der Waals surface area contributed by atoms with Crippen LogP contribution in [0.4, 0.5) is 5.82 Å². The van der Waals surface area contributed by atoms with E-state index in [9.17, 15) is 4.79 Å². The number of nitrogens with zero attached hydrogens (tertiary/aromatic N) is 1. The van der Waals surface area contributed by atoms with E-state index in [1.165, 1.54) is 32.1 Å². The number of rotatable bonds is 4. The molecule has 4 nitrogen and oxygen atoms in total. The molecule has 2 aliphatic carbocycles. The highest BCUT2D eigenvalue weighted by atomic mass is 32.2. The summed E-state index contributed by atoms with van der Waals surface area (Å²) < 4.78 is 5.14. The second-order valence-corrected chi connectivity index (χ2v) is 9.69. The summed E-state index contributed by atoms with van der Waals surface area (Å²) in [4.78, 5) is 12.8. The van der Waals surface area contributed by atoms with Gasteiger partial charge >= 0.3 is 0 Å². The summed E-state index contributed by atoms with van der Waals surface area (Å²) in [6.07, 6.45) is 9.63. The van der Waals surface area contributed by atoms with Crippen LogP contribution in [0.2, 0.25) is 0 Å². The molecule has 1 N–H and O–H groups in total. The van der Waals surface area contributed by atoms with Crippen LogP contribution in [0.25, 0.3) is 0 Å². The van der Waals surface area contributed by atoms with Gasteiger partial charge in [-0.15, -0.1) is 11.8 Å². The zero-order valence-corrected chi connectivity index (χ0v) is 15.3. The molecule has 3 rings (SSSR count). The van der Waals surface area contributed by atoms with E-state index in [0.717, 1.165) is 25.0 Å². The number of nitrogens with one attached hydrogen (secondary N) is 1. The average Bonchev–Trinajstić information content (AvgIpc) is 2.92. The molecule has 1 heterocycles. The van der Waals surface area contributed by atoms with E-state index in [1.807, 2.05) is 17.8 Å². The number of hydrogen-bond donors (Lipinski definition) is 1. The molecular formula is C18H28N2O2S. The Bertz CT molecular complexity index is 552. The highest BCUT2D eigenvalue weighted by molar-refractivity contribution is 8.02. The Balaban J connectivity index is 1.64. The fourth-order valence-electron chi connectivity index (χ4n) is 3.32. The molecule has 0 aliphatic heterocycles. The molecule has 0 saturated heterocycles. The lowest BCUT2D eigenvalue weighted by molar-refractivity contribution is -0.120. The Morgan fingerprint density at radius 3 is 2.48 bits per heavy atom. The minimum Gasteiger partial charge on any atom is -0.359 e. The van der Waals surface area contributed by atoms with Gasteiger partial charge in [-0.1, -0.05) is 45.2 Å². The molecule has 0 atom stereocenters. The van der Waals surface area contributed by atoms with Crippen LogP contribution in [0, 0.1) is 0 Å². The molecule has 2 aliphatic rings. The van der Waals surface area contributed by atoms with Gasteiger partial charge in [0.2, 0.25) is 5.91 Å². The summed E-state index contributed by atoms with van der Waals surface area (Å²) in [5.74, 6) is 1.47. The molecule has 0 unspecified atom stereocenters. The largest absolute Gasteiger partial charge is 0.359 e. The van der Waals surface area contributed by atoms with Crippen molar-refractivity contribution in [2.24, 2.45) is 0 Å². The molecule has 5 heteroatoms. The maximum Gasteiger partial charge on any atom is 0.241 e. The fraction of sp³-hybridized carbons (Fsp3) is 0.778. The first-order valence-corrected chi connectivity index (χ1v) is 9.73. The van der Waals surface area contributed by atoms with Gasteiger partial charge in [0.25, 0.3) is 0 Å². The van der Waals surface area contributed by atoms with Gasteiger partial charge in [0, 0.05) is 16.7 Å². The minimum absolute atomic E-state index is 0.0962. The van der Waals surface area contributed by atoms with Crippen molar-refractivity contribution in [1.82, 2.24) is 5.16 Å². The van der Waals surface area contributed by atoms with Crippen molar-refractivity contribution in [3.8, 4) is 0 Å². The van der Waals surface area contributed by atoms with Crippen molar-refractivity contribution < 1.29 is 9.32 Å². The van der Waals surface area contributed by atoms with Crippen molar-refractivity contribution in [3.63, 3.8) is 0 Å². The van der Waals surface area contributed by atoms with Crippen molar-refractivity contribution >= 4 is 23.5 Å². The Hall–Kier alpha value is -0.970. The normalized spacial score (nSPS) is 21.7. The number of hydrogen-bond acceptors (Lipinski definition) is 4. The molecule has 23 heavy (non-hydrogen) atoms. The van der Waals surface area contributed by atoms with Gasteiger partial charge < -0.3 is 9.84 Å². The molecule has 0 aromatic carbocycles. The van der Waals surface area contributed by atoms with Gasteiger partial charge in [-0.25, -0.2) is 0 Å².